The molecule has 8 heteroatoms. The number of hydrogen-bond donors (Lipinski definition) is 2. The first-order valence-electron chi connectivity index (χ1n) is 10.9. The average molecular weight is 439 g/mol. The number of rotatable bonds is 6. The smallest absolute Gasteiger partial charge is 0.258 e. The molecule has 0 saturated carbocycles. The van der Waals surface area contributed by atoms with Crippen molar-refractivity contribution in [2.24, 2.45) is 0 Å². The first kappa shape index (κ1) is 22.0. The molecule has 2 aliphatic rings. The molecule has 2 N–H and O–H groups in total. The van der Waals surface area contributed by atoms with Gasteiger partial charge in [0.15, 0.2) is 0 Å². The molecule has 0 aliphatic carbocycles. The van der Waals surface area contributed by atoms with E-state index in [1.807, 2.05) is 0 Å². The highest BCUT2D eigenvalue weighted by Gasteiger charge is 2.35. The minimum absolute atomic E-state index is 0.0410. The number of carbonyl (C=O) groups excluding carboxylic acids is 3. The zero-order valence-electron chi connectivity index (χ0n) is 17.7. The number of anilines is 1. The fourth-order valence-electron chi connectivity index (χ4n) is 4.16. The molecule has 2 aliphatic heterocycles. The van der Waals surface area contributed by atoms with E-state index in [0.29, 0.717) is 30.8 Å². The summed E-state index contributed by atoms with van der Waals surface area (Å²) in [7, 11) is 0. The summed E-state index contributed by atoms with van der Waals surface area (Å²) >= 11 is 0. The van der Waals surface area contributed by atoms with E-state index in [-0.39, 0.29) is 23.5 Å². The molecule has 0 bridgehead atoms. The molecular formula is C24H26FN3O4. The lowest BCUT2D eigenvalue weighted by molar-refractivity contribution is -0.125. The summed E-state index contributed by atoms with van der Waals surface area (Å²) in [6, 6.07) is 11.6. The second-order valence-electron chi connectivity index (χ2n) is 8.05. The van der Waals surface area contributed by atoms with Crippen LogP contribution >= 0.6 is 0 Å². The molecule has 0 aromatic heterocycles. The van der Waals surface area contributed by atoms with Gasteiger partial charge in [0, 0.05) is 30.9 Å². The minimum atomic E-state index is -0.619. The Balaban J connectivity index is 1.41. The summed E-state index contributed by atoms with van der Waals surface area (Å²) in [5.41, 5.74) is 0.657. The summed E-state index contributed by atoms with van der Waals surface area (Å²) in [5, 5.41) is 5.54. The van der Waals surface area contributed by atoms with Crippen molar-refractivity contribution in [2.45, 2.75) is 37.8 Å². The van der Waals surface area contributed by atoms with E-state index < -0.39 is 17.8 Å². The molecule has 32 heavy (non-hydrogen) atoms. The maximum absolute atomic E-state index is 13.9. The maximum atomic E-state index is 13.9. The topological polar surface area (TPSA) is 87.7 Å². The second-order valence-corrected chi connectivity index (χ2v) is 8.05. The van der Waals surface area contributed by atoms with Crippen molar-refractivity contribution < 1.29 is 23.5 Å². The number of amides is 3. The first-order valence-corrected chi connectivity index (χ1v) is 10.9. The van der Waals surface area contributed by atoms with Crippen molar-refractivity contribution in [3.63, 3.8) is 0 Å². The Morgan fingerprint density at radius 1 is 1.06 bits per heavy atom. The lowest BCUT2D eigenvalue weighted by Gasteiger charge is -2.25. The Bertz CT molecular complexity index is 1010. The van der Waals surface area contributed by atoms with Gasteiger partial charge in [-0.2, -0.15) is 0 Å². The molecule has 2 fully saturated rings. The van der Waals surface area contributed by atoms with E-state index in [2.05, 4.69) is 10.6 Å². The van der Waals surface area contributed by atoms with Crippen LogP contribution in [0.1, 0.15) is 46.4 Å². The Morgan fingerprint density at radius 3 is 2.69 bits per heavy atom. The summed E-state index contributed by atoms with van der Waals surface area (Å²) in [6.45, 7) is 1.66. The molecule has 2 atom stereocenters. The van der Waals surface area contributed by atoms with E-state index in [1.165, 1.54) is 18.2 Å². The fourth-order valence-corrected chi connectivity index (χ4v) is 4.16. The van der Waals surface area contributed by atoms with Gasteiger partial charge < -0.3 is 20.3 Å². The Hall–Kier alpha value is -3.26. The fraction of sp³-hybridized carbons (Fsp3) is 0.375. The van der Waals surface area contributed by atoms with Crippen LogP contribution in [0.2, 0.25) is 0 Å². The van der Waals surface area contributed by atoms with Crippen molar-refractivity contribution in [1.82, 2.24) is 10.2 Å². The van der Waals surface area contributed by atoms with Crippen molar-refractivity contribution >= 4 is 23.4 Å². The quantitative estimate of drug-likeness (QED) is 0.725. The Kier molecular flexibility index (Phi) is 6.80. The molecule has 168 valence electrons. The lowest BCUT2D eigenvalue weighted by Crippen LogP contribution is -2.47. The van der Waals surface area contributed by atoms with Gasteiger partial charge in [0.05, 0.1) is 11.7 Å². The van der Waals surface area contributed by atoms with Gasteiger partial charge in [-0.25, -0.2) is 4.39 Å². The number of hydrogen-bond acceptors (Lipinski definition) is 4. The average Bonchev–Trinajstić information content (AvgIpc) is 3.49. The van der Waals surface area contributed by atoms with Gasteiger partial charge in [-0.05, 0) is 56.0 Å². The van der Waals surface area contributed by atoms with Gasteiger partial charge in [0.1, 0.15) is 11.9 Å². The summed E-state index contributed by atoms with van der Waals surface area (Å²) in [6.07, 6.45) is 3.32. The molecule has 2 heterocycles. The number of likely N-dealkylation sites (tertiary alicyclic amines) is 1. The van der Waals surface area contributed by atoms with Crippen molar-refractivity contribution in [2.75, 3.05) is 25.0 Å². The summed E-state index contributed by atoms with van der Waals surface area (Å²) < 4.78 is 19.4. The predicted molar refractivity (Wildman–Crippen MR) is 117 cm³/mol. The van der Waals surface area contributed by atoms with Gasteiger partial charge >= 0.3 is 0 Å². The number of nitrogens with one attached hydrogen (secondary N) is 2. The SMILES string of the molecule is O=C(Nc1cccc(C(=O)N2CCCC2C(=O)NCC2CCCO2)c1)c1ccccc1F. The lowest BCUT2D eigenvalue weighted by atomic mass is 10.1. The van der Waals surface area contributed by atoms with Crippen LogP contribution in [0.4, 0.5) is 10.1 Å². The molecule has 7 nitrogen and oxygen atoms in total. The maximum Gasteiger partial charge on any atom is 0.258 e. The van der Waals surface area contributed by atoms with E-state index in [0.717, 1.165) is 25.9 Å². The Labute approximate surface area is 185 Å². The largest absolute Gasteiger partial charge is 0.376 e. The van der Waals surface area contributed by atoms with Crippen LogP contribution < -0.4 is 10.6 Å². The van der Waals surface area contributed by atoms with Crippen LogP contribution in [0.25, 0.3) is 0 Å². The molecule has 3 amide bonds. The number of carbonyl (C=O) groups is 3. The highest BCUT2D eigenvalue weighted by molar-refractivity contribution is 6.05. The summed E-state index contributed by atoms with van der Waals surface area (Å²) in [4.78, 5) is 39.8. The van der Waals surface area contributed by atoms with E-state index in [1.54, 1.807) is 35.2 Å². The molecule has 2 aromatic rings. The minimum Gasteiger partial charge on any atom is -0.376 e. The molecule has 0 radical (unpaired) electrons. The van der Waals surface area contributed by atoms with Gasteiger partial charge in [-0.3, -0.25) is 14.4 Å². The third-order valence-electron chi connectivity index (χ3n) is 5.83. The summed E-state index contributed by atoms with van der Waals surface area (Å²) in [5.74, 6) is -1.66. The molecule has 0 spiro atoms. The molecule has 2 aromatic carbocycles. The third kappa shape index (κ3) is 4.96. The van der Waals surface area contributed by atoms with Crippen LogP contribution in [0, 0.1) is 5.82 Å². The normalized spacial score (nSPS) is 20.2. The van der Waals surface area contributed by atoms with E-state index in [4.69, 9.17) is 4.74 Å². The molecular weight excluding hydrogens is 413 g/mol. The number of nitrogens with zero attached hydrogens (tertiary/aromatic N) is 1. The number of halogens is 1. The molecule has 2 unspecified atom stereocenters. The van der Waals surface area contributed by atoms with E-state index in [9.17, 15) is 18.8 Å². The molecule has 2 saturated heterocycles. The van der Waals surface area contributed by atoms with Crippen molar-refractivity contribution in [3.05, 3.63) is 65.5 Å². The van der Waals surface area contributed by atoms with Crippen molar-refractivity contribution in [1.29, 1.82) is 0 Å². The third-order valence-corrected chi connectivity index (χ3v) is 5.83. The van der Waals surface area contributed by atoms with Crippen LogP contribution in [0.15, 0.2) is 48.5 Å². The van der Waals surface area contributed by atoms with Crippen LogP contribution in [-0.2, 0) is 9.53 Å². The standard InChI is InChI=1S/C24H26FN3O4/c25-20-10-2-1-9-19(20)22(29)27-17-7-3-6-16(14-17)24(31)28-12-4-11-21(28)23(30)26-15-18-8-5-13-32-18/h1-3,6-7,9-10,14,18,21H,4-5,8,11-13,15H2,(H,26,30)(H,27,29). The van der Waals surface area contributed by atoms with Gasteiger partial charge in [-0.15, -0.1) is 0 Å². The zero-order chi connectivity index (χ0) is 22.5. The molecule has 4 rings (SSSR count). The van der Waals surface area contributed by atoms with Gasteiger partial charge in [-0.1, -0.05) is 18.2 Å². The number of benzene rings is 2. The number of ether oxygens (including phenoxy) is 1. The van der Waals surface area contributed by atoms with E-state index >= 15 is 0 Å². The highest BCUT2D eigenvalue weighted by Crippen LogP contribution is 2.22. The highest BCUT2D eigenvalue weighted by atomic mass is 19.1. The second kappa shape index (κ2) is 9.91. The monoisotopic (exact) mass is 439 g/mol. The van der Waals surface area contributed by atoms with Crippen molar-refractivity contribution in [3.8, 4) is 0 Å². The zero-order valence-corrected chi connectivity index (χ0v) is 17.7. The first-order chi connectivity index (χ1) is 15.5. The van der Waals surface area contributed by atoms with Crippen LogP contribution in [0.5, 0.6) is 0 Å². The predicted octanol–water partition coefficient (Wildman–Crippen LogP) is 2.98. The van der Waals surface area contributed by atoms with Crippen LogP contribution in [-0.4, -0.2) is 54.5 Å². The van der Waals surface area contributed by atoms with Gasteiger partial charge in [0.25, 0.3) is 11.8 Å². The Morgan fingerprint density at radius 2 is 1.91 bits per heavy atom. The van der Waals surface area contributed by atoms with Crippen LogP contribution in [0.3, 0.4) is 0 Å². The van der Waals surface area contributed by atoms with Gasteiger partial charge in [0.2, 0.25) is 5.91 Å².